The number of amides is 1. The predicted octanol–water partition coefficient (Wildman–Crippen LogP) is 4.39. The fourth-order valence-corrected chi connectivity index (χ4v) is 2.14. The largest absolute Gasteiger partial charge is 0.443 e. The Morgan fingerprint density at radius 1 is 1.20 bits per heavy atom. The highest BCUT2D eigenvalue weighted by Gasteiger charge is 2.11. The zero-order valence-corrected chi connectivity index (χ0v) is 11.6. The topological polar surface area (TPSA) is 55.1 Å². The van der Waals surface area contributed by atoms with Gasteiger partial charge >= 0.3 is 0 Å². The molecule has 1 N–H and O–H groups in total. The molecule has 0 aliphatic rings. The van der Waals surface area contributed by atoms with Crippen molar-refractivity contribution in [3.05, 3.63) is 58.4 Å². The quantitative estimate of drug-likeness (QED) is 0.764. The first-order chi connectivity index (χ1) is 9.65. The van der Waals surface area contributed by atoms with Crippen molar-refractivity contribution in [3.63, 3.8) is 0 Å². The normalized spacial score (nSPS) is 10.7. The smallest absolute Gasteiger partial charge is 0.255 e. The Hall–Kier alpha value is -2.04. The summed E-state index contributed by atoms with van der Waals surface area (Å²) in [6.07, 6.45) is 1.33. The summed E-state index contributed by atoms with van der Waals surface area (Å²) in [5, 5.41) is 3.40. The van der Waals surface area contributed by atoms with Gasteiger partial charge in [-0.05, 0) is 30.3 Å². The van der Waals surface area contributed by atoms with E-state index in [0.717, 1.165) is 0 Å². The van der Waals surface area contributed by atoms with Gasteiger partial charge in [-0.1, -0.05) is 29.3 Å². The van der Waals surface area contributed by atoms with Gasteiger partial charge in [-0.3, -0.25) is 4.79 Å². The summed E-state index contributed by atoms with van der Waals surface area (Å²) >= 11 is 11.9. The van der Waals surface area contributed by atoms with Gasteiger partial charge in [0.25, 0.3) is 5.91 Å². The SMILES string of the molecule is O=C(Nc1cccc(Cl)c1Cl)c1ccc2ncoc2c1. The molecule has 2 aromatic carbocycles. The van der Waals surface area contributed by atoms with Crippen LogP contribution in [0.25, 0.3) is 11.1 Å². The molecule has 20 heavy (non-hydrogen) atoms. The summed E-state index contributed by atoms with van der Waals surface area (Å²) in [5.41, 5.74) is 2.16. The van der Waals surface area contributed by atoms with E-state index in [2.05, 4.69) is 10.3 Å². The highest BCUT2D eigenvalue weighted by atomic mass is 35.5. The Bertz CT molecular complexity index is 799. The molecule has 0 atom stereocenters. The molecule has 100 valence electrons. The van der Waals surface area contributed by atoms with Gasteiger partial charge < -0.3 is 9.73 Å². The molecule has 1 aromatic heterocycles. The van der Waals surface area contributed by atoms with E-state index in [1.54, 1.807) is 36.4 Å². The van der Waals surface area contributed by atoms with Crippen molar-refractivity contribution in [3.8, 4) is 0 Å². The van der Waals surface area contributed by atoms with Crippen molar-refractivity contribution in [1.82, 2.24) is 4.98 Å². The van der Waals surface area contributed by atoms with Crippen LogP contribution in [-0.2, 0) is 0 Å². The number of hydrogen-bond acceptors (Lipinski definition) is 3. The number of oxazole rings is 1. The van der Waals surface area contributed by atoms with E-state index < -0.39 is 0 Å². The van der Waals surface area contributed by atoms with E-state index in [1.165, 1.54) is 6.39 Å². The van der Waals surface area contributed by atoms with E-state index in [9.17, 15) is 4.79 Å². The molecule has 6 heteroatoms. The van der Waals surface area contributed by atoms with Gasteiger partial charge in [0, 0.05) is 5.56 Å². The van der Waals surface area contributed by atoms with E-state index >= 15 is 0 Å². The van der Waals surface area contributed by atoms with Gasteiger partial charge in [0.15, 0.2) is 12.0 Å². The Morgan fingerprint density at radius 3 is 2.90 bits per heavy atom. The summed E-state index contributed by atoms with van der Waals surface area (Å²) in [5.74, 6) is -0.299. The molecule has 3 rings (SSSR count). The number of carbonyl (C=O) groups excluding carboxylic acids is 1. The molecule has 0 aliphatic heterocycles. The number of anilines is 1. The maximum absolute atomic E-state index is 12.2. The highest BCUT2D eigenvalue weighted by molar-refractivity contribution is 6.44. The van der Waals surface area contributed by atoms with Crippen LogP contribution in [0.4, 0.5) is 5.69 Å². The first-order valence-corrected chi connectivity index (χ1v) is 6.49. The van der Waals surface area contributed by atoms with Gasteiger partial charge in [-0.25, -0.2) is 4.98 Å². The monoisotopic (exact) mass is 306 g/mol. The van der Waals surface area contributed by atoms with Crippen LogP contribution in [0.15, 0.2) is 47.2 Å². The summed E-state index contributed by atoms with van der Waals surface area (Å²) in [6, 6.07) is 10.0. The third-order valence-corrected chi connectivity index (χ3v) is 3.61. The van der Waals surface area contributed by atoms with Crippen LogP contribution < -0.4 is 5.32 Å². The molecule has 0 spiro atoms. The summed E-state index contributed by atoms with van der Waals surface area (Å²) in [7, 11) is 0. The van der Waals surface area contributed by atoms with Crippen LogP contribution in [0.1, 0.15) is 10.4 Å². The van der Waals surface area contributed by atoms with Crippen molar-refractivity contribution in [2.24, 2.45) is 0 Å². The molecular formula is C14H8Cl2N2O2. The molecule has 0 saturated carbocycles. The van der Waals surface area contributed by atoms with Crippen LogP contribution in [0.3, 0.4) is 0 Å². The van der Waals surface area contributed by atoms with Gasteiger partial charge in [0.2, 0.25) is 0 Å². The third kappa shape index (κ3) is 2.35. The Labute approximate surface area is 124 Å². The van der Waals surface area contributed by atoms with Crippen molar-refractivity contribution in [2.75, 3.05) is 5.32 Å². The van der Waals surface area contributed by atoms with Crippen LogP contribution in [-0.4, -0.2) is 10.9 Å². The number of nitrogens with zero attached hydrogens (tertiary/aromatic N) is 1. The number of benzene rings is 2. The molecular weight excluding hydrogens is 299 g/mol. The second kappa shape index (κ2) is 5.15. The van der Waals surface area contributed by atoms with Gasteiger partial charge in [-0.2, -0.15) is 0 Å². The third-order valence-electron chi connectivity index (χ3n) is 2.79. The molecule has 1 amide bonds. The van der Waals surface area contributed by atoms with Crippen LogP contribution in [0.2, 0.25) is 10.0 Å². The first kappa shape index (κ1) is 13.0. The Kier molecular flexibility index (Phi) is 3.34. The lowest BCUT2D eigenvalue weighted by molar-refractivity contribution is 0.102. The average molecular weight is 307 g/mol. The van der Waals surface area contributed by atoms with Crippen LogP contribution in [0.5, 0.6) is 0 Å². The molecule has 0 bridgehead atoms. The van der Waals surface area contributed by atoms with E-state index in [0.29, 0.717) is 32.4 Å². The zero-order chi connectivity index (χ0) is 14.1. The second-order valence-electron chi connectivity index (χ2n) is 4.09. The molecule has 4 nitrogen and oxygen atoms in total. The van der Waals surface area contributed by atoms with Gasteiger partial charge in [0.05, 0.1) is 15.7 Å². The standard InChI is InChI=1S/C14H8Cl2N2O2/c15-9-2-1-3-11(13(9)16)18-14(19)8-4-5-10-12(6-8)20-7-17-10/h1-7H,(H,18,19). The van der Waals surface area contributed by atoms with Crippen molar-refractivity contribution in [1.29, 1.82) is 0 Å². The minimum Gasteiger partial charge on any atom is -0.443 e. The summed E-state index contributed by atoms with van der Waals surface area (Å²) in [6.45, 7) is 0. The lowest BCUT2D eigenvalue weighted by Gasteiger charge is -2.08. The fourth-order valence-electron chi connectivity index (χ4n) is 1.79. The van der Waals surface area contributed by atoms with Crippen molar-refractivity contribution in [2.45, 2.75) is 0 Å². The maximum Gasteiger partial charge on any atom is 0.255 e. The molecule has 0 aliphatic carbocycles. The van der Waals surface area contributed by atoms with Crippen LogP contribution in [0, 0.1) is 0 Å². The molecule has 0 unspecified atom stereocenters. The molecule has 0 saturated heterocycles. The molecule has 3 aromatic rings. The number of hydrogen-bond donors (Lipinski definition) is 1. The molecule has 1 heterocycles. The average Bonchev–Trinajstić information content (AvgIpc) is 2.91. The lowest BCUT2D eigenvalue weighted by atomic mass is 10.2. The minimum absolute atomic E-state index is 0.299. The maximum atomic E-state index is 12.2. The van der Waals surface area contributed by atoms with Gasteiger partial charge in [-0.15, -0.1) is 0 Å². The first-order valence-electron chi connectivity index (χ1n) is 5.74. The van der Waals surface area contributed by atoms with E-state index in [-0.39, 0.29) is 5.91 Å². The number of carbonyl (C=O) groups is 1. The summed E-state index contributed by atoms with van der Waals surface area (Å²) in [4.78, 5) is 16.2. The highest BCUT2D eigenvalue weighted by Crippen LogP contribution is 2.30. The Morgan fingerprint density at radius 2 is 2.05 bits per heavy atom. The van der Waals surface area contributed by atoms with E-state index in [4.69, 9.17) is 27.6 Å². The Balaban J connectivity index is 1.90. The van der Waals surface area contributed by atoms with Crippen molar-refractivity contribution < 1.29 is 9.21 Å². The van der Waals surface area contributed by atoms with Gasteiger partial charge in [0.1, 0.15) is 5.52 Å². The van der Waals surface area contributed by atoms with Crippen molar-refractivity contribution >= 4 is 45.9 Å². The van der Waals surface area contributed by atoms with E-state index in [1.807, 2.05) is 0 Å². The number of halogens is 2. The lowest BCUT2D eigenvalue weighted by Crippen LogP contribution is -2.12. The van der Waals surface area contributed by atoms with Crippen LogP contribution >= 0.6 is 23.2 Å². The zero-order valence-electron chi connectivity index (χ0n) is 10.1. The second-order valence-corrected chi connectivity index (χ2v) is 4.88. The number of fused-ring (bicyclic) bond motifs is 1. The molecule has 0 radical (unpaired) electrons. The number of nitrogens with one attached hydrogen (secondary N) is 1. The minimum atomic E-state index is -0.299. The molecule has 0 fully saturated rings. The fraction of sp³-hybridized carbons (Fsp3) is 0. The number of rotatable bonds is 2. The number of aromatic nitrogens is 1. The predicted molar refractivity (Wildman–Crippen MR) is 78.4 cm³/mol. The summed E-state index contributed by atoms with van der Waals surface area (Å²) < 4.78 is 5.16.